The van der Waals surface area contributed by atoms with Crippen molar-refractivity contribution >= 4 is 5.91 Å². The van der Waals surface area contributed by atoms with Crippen LogP contribution < -0.4 is 5.73 Å². The first-order valence-electron chi connectivity index (χ1n) is 6.94. The number of carbonyl (C=O) groups excluding carboxylic acids is 1. The third-order valence-corrected chi connectivity index (χ3v) is 3.99. The molecule has 0 spiro atoms. The fraction of sp³-hybridized carbons (Fsp3) is 0.533. The van der Waals surface area contributed by atoms with Crippen molar-refractivity contribution in [2.24, 2.45) is 5.73 Å². The highest BCUT2D eigenvalue weighted by Crippen LogP contribution is 2.17. The Morgan fingerprint density at radius 3 is 2.50 bits per heavy atom. The Bertz CT molecular complexity index is 482. The van der Waals surface area contributed by atoms with E-state index in [1.165, 1.54) is 12.1 Å². The highest BCUT2D eigenvalue weighted by atomic mass is 19.1. The molecule has 1 saturated heterocycles. The predicted molar refractivity (Wildman–Crippen MR) is 77.0 cm³/mol. The van der Waals surface area contributed by atoms with Crippen molar-refractivity contribution in [3.8, 4) is 0 Å². The summed E-state index contributed by atoms with van der Waals surface area (Å²) in [4.78, 5) is 16.4. The number of rotatable bonds is 3. The van der Waals surface area contributed by atoms with Gasteiger partial charge in [0.25, 0.3) is 5.91 Å². The molecule has 0 saturated carbocycles. The number of piperazine rings is 1. The van der Waals surface area contributed by atoms with E-state index in [4.69, 9.17) is 5.73 Å². The molecule has 1 aliphatic rings. The molecule has 1 heterocycles. The van der Waals surface area contributed by atoms with Crippen molar-refractivity contribution in [3.63, 3.8) is 0 Å². The van der Waals surface area contributed by atoms with E-state index in [2.05, 4.69) is 18.7 Å². The zero-order valence-electron chi connectivity index (χ0n) is 12.1. The Kier molecular flexibility index (Phi) is 4.40. The van der Waals surface area contributed by atoms with E-state index in [-0.39, 0.29) is 17.3 Å². The Morgan fingerprint density at radius 1 is 1.30 bits per heavy atom. The first-order chi connectivity index (χ1) is 9.44. The van der Waals surface area contributed by atoms with Crippen LogP contribution in [-0.2, 0) is 0 Å². The van der Waals surface area contributed by atoms with Gasteiger partial charge in [0.1, 0.15) is 5.82 Å². The quantitative estimate of drug-likeness (QED) is 0.908. The fourth-order valence-corrected chi connectivity index (χ4v) is 2.45. The summed E-state index contributed by atoms with van der Waals surface area (Å²) in [6.45, 7) is 7.70. The Labute approximate surface area is 119 Å². The zero-order valence-corrected chi connectivity index (χ0v) is 12.1. The molecule has 2 N–H and O–H groups in total. The average Bonchev–Trinajstić information content (AvgIpc) is 2.46. The van der Waals surface area contributed by atoms with E-state index in [0.29, 0.717) is 25.2 Å². The van der Waals surface area contributed by atoms with Crippen molar-refractivity contribution in [1.82, 2.24) is 9.80 Å². The van der Waals surface area contributed by atoms with Crippen LogP contribution in [-0.4, -0.2) is 54.0 Å². The maximum absolute atomic E-state index is 13.2. The number of carbonyl (C=O) groups is 1. The van der Waals surface area contributed by atoms with Gasteiger partial charge >= 0.3 is 0 Å². The van der Waals surface area contributed by atoms with Gasteiger partial charge in [-0.15, -0.1) is 0 Å². The number of amides is 1. The summed E-state index contributed by atoms with van der Waals surface area (Å²) in [6.07, 6.45) is 0. The Morgan fingerprint density at radius 2 is 1.95 bits per heavy atom. The summed E-state index contributed by atoms with van der Waals surface area (Å²) in [5.41, 5.74) is 6.14. The van der Waals surface area contributed by atoms with Gasteiger partial charge in [-0.2, -0.15) is 0 Å². The highest BCUT2D eigenvalue weighted by molar-refractivity contribution is 5.94. The molecule has 4 nitrogen and oxygen atoms in total. The summed E-state index contributed by atoms with van der Waals surface area (Å²) in [6, 6.07) is 5.86. The highest BCUT2D eigenvalue weighted by Gasteiger charge is 2.30. The molecule has 110 valence electrons. The average molecular weight is 279 g/mol. The van der Waals surface area contributed by atoms with Gasteiger partial charge in [0, 0.05) is 43.8 Å². The number of nitrogens with zero attached hydrogens (tertiary/aromatic N) is 2. The van der Waals surface area contributed by atoms with Gasteiger partial charge in [0.05, 0.1) is 0 Å². The van der Waals surface area contributed by atoms with Gasteiger partial charge in [-0.1, -0.05) is 6.07 Å². The molecule has 1 aromatic rings. The molecule has 0 bridgehead atoms. The van der Waals surface area contributed by atoms with Crippen LogP contribution in [0, 0.1) is 5.82 Å². The third-order valence-electron chi connectivity index (χ3n) is 3.99. The minimum absolute atomic E-state index is 0.0476. The van der Waals surface area contributed by atoms with Crippen LogP contribution in [0.4, 0.5) is 4.39 Å². The largest absolute Gasteiger partial charge is 0.336 e. The lowest BCUT2D eigenvalue weighted by Gasteiger charge is -2.43. The number of halogens is 1. The van der Waals surface area contributed by atoms with Crippen molar-refractivity contribution < 1.29 is 9.18 Å². The van der Waals surface area contributed by atoms with E-state index in [9.17, 15) is 9.18 Å². The third kappa shape index (κ3) is 3.16. The zero-order chi connectivity index (χ0) is 14.8. The molecular formula is C15H22FN3O. The second-order valence-corrected chi connectivity index (χ2v) is 5.81. The first-order valence-corrected chi connectivity index (χ1v) is 6.94. The lowest BCUT2D eigenvalue weighted by atomic mass is 10.0. The van der Waals surface area contributed by atoms with E-state index >= 15 is 0 Å². The van der Waals surface area contributed by atoms with Gasteiger partial charge in [0.2, 0.25) is 0 Å². The minimum atomic E-state index is -0.376. The number of hydrogen-bond acceptors (Lipinski definition) is 3. The molecule has 0 aromatic heterocycles. The Balaban J connectivity index is 1.99. The topological polar surface area (TPSA) is 49.6 Å². The van der Waals surface area contributed by atoms with E-state index < -0.39 is 0 Å². The van der Waals surface area contributed by atoms with Crippen LogP contribution >= 0.6 is 0 Å². The minimum Gasteiger partial charge on any atom is -0.336 e. The molecule has 1 aromatic carbocycles. The summed E-state index contributed by atoms with van der Waals surface area (Å²) in [7, 11) is 0. The molecule has 20 heavy (non-hydrogen) atoms. The van der Waals surface area contributed by atoms with Crippen molar-refractivity contribution in [1.29, 1.82) is 0 Å². The monoisotopic (exact) mass is 279 g/mol. The summed E-state index contributed by atoms with van der Waals surface area (Å²) in [5, 5.41) is 0. The first kappa shape index (κ1) is 14.9. The van der Waals surface area contributed by atoms with Crippen molar-refractivity contribution in [2.75, 3.05) is 32.7 Å². The Hall–Kier alpha value is -1.46. The van der Waals surface area contributed by atoms with Crippen LogP contribution in [0.2, 0.25) is 0 Å². The molecule has 0 unspecified atom stereocenters. The summed E-state index contributed by atoms with van der Waals surface area (Å²) < 4.78 is 13.2. The maximum atomic E-state index is 13.2. The molecule has 2 rings (SSSR count). The number of hydrogen-bond donors (Lipinski definition) is 1. The molecule has 0 radical (unpaired) electrons. The molecule has 1 aliphatic heterocycles. The van der Waals surface area contributed by atoms with Crippen LogP contribution in [0.15, 0.2) is 24.3 Å². The number of benzene rings is 1. The van der Waals surface area contributed by atoms with Gasteiger partial charge in [-0.05, 0) is 32.0 Å². The standard InChI is InChI=1S/C15H22FN3O/c1-15(2,11-17)19-8-6-18(7-9-19)14(20)12-4-3-5-13(16)10-12/h3-5,10H,6-9,11,17H2,1-2H3. The fourth-order valence-electron chi connectivity index (χ4n) is 2.45. The van der Waals surface area contributed by atoms with Gasteiger partial charge in [0.15, 0.2) is 0 Å². The van der Waals surface area contributed by atoms with Crippen LogP contribution in [0.3, 0.4) is 0 Å². The molecule has 0 atom stereocenters. The SMILES string of the molecule is CC(C)(CN)N1CCN(C(=O)c2cccc(F)c2)CC1. The lowest BCUT2D eigenvalue weighted by molar-refractivity contribution is 0.0426. The molecule has 1 fully saturated rings. The maximum Gasteiger partial charge on any atom is 0.254 e. The summed E-state index contributed by atoms with van der Waals surface area (Å²) >= 11 is 0. The van der Waals surface area contributed by atoms with Gasteiger partial charge in [-0.25, -0.2) is 4.39 Å². The van der Waals surface area contributed by atoms with Crippen LogP contribution in [0.25, 0.3) is 0 Å². The van der Waals surface area contributed by atoms with Crippen molar-refractivity contribution in [2.45, 2.75) is 19.4 Å². The smallest absolute Gasteiger partial charge is 0.254 e. The molecule has 5 heteroatoms. The van der Waals surface area contributed by atoms with Crippen LogP contribution in [0.1, 0.15) is 24.2 Å². The van der Waals surface area contributed by atoms with Gasteiger partial charge in [-0.3, -0.25) is 9.69 Å². The number of nitrogens with two attached hydrogens (primary N) is 1. The van der Waals surface area contributed by atoms with E-state index in [1.54, 1.807) is 17.0 Å². The van der Waals surface area contributed by atoms with Crippen molar-refractivity contribution in [3.05, 3.63) is 35.6 Å². The predicted octanol–water partition coefficient (Wildman–Crippen LogP) is 1.32. The van der Waals surface area contributed by atoms with Gasteiger partial charge < -0.3 is 10.6 Å². The second-order valence-electron chi connectivity index (χ2n) is 5.81. The lowest BCUT2D eigenvalue weighted by Crippen LogP contribution is -2.58. The summed E-state index contributed by atoms with van der Waals surface area (Å²) in [5.74, 6) is -0.478. The molecule has 0 aliphatic carbocycles. The normalized spacial score (nSPS) is 17.3. The van der Waals surface area contributed by atoms with E-state index in [1.807, 2.05) is 0 Å². The van der Waals surface area contributed by atoms with E-state index in [0.717, 1.165) is 13.1 Å². The molecular weight excluding hydrogens is 257 g/mol. The van der Waals surface area contributed by atoms with Crippen LogP contribution in [0.5, 0.6) is 0 Å². The second kappa shape index (κ2) is 5.89. The molecule has 1 amide bonds.